The molecule has 0 aliphatic rings. The minimum atomic E-state index is -3.16. The molecule has 0 aromatic carbocycles. The summed E-state index contributed by atoms with van der Waals surface area (Å²) in [6.07, 6.45) is 0.957. The Morgan fingerprint density at radius 1 is 1.37 bits per heavy atom. The summed E-state index contributed by atoms with van der Waals surface area (Å²) in [5.41, 5.74) is 0. The van der Waals surface area contributed by atoms with Gasteiger partial charge in [0.1, 0.15) is 15.6 Å². The molecule has 1 amide bonds. The first-order valence-corrected chi connectivity index (χ1v) is 7.49. The maximum Gasteiger partial charge on any atom is 0.373 e. The van der Waals surface area contributed by atoms with E-state index in [1.54, 1.807) is 0 Å². The fraction of sp³-hybridized carbons (Fsp3) is 0.455. The minimum absolute atomic E-state index is 0.0443. The van der Waals surface area contributed by atoms with E-state index >= 15 is 0 Å². The first kappa shape index (κ1) is 15.2. The standard InChI is InChI=1S/C11H15NO6S/c1-17-11(14)9-4-3-8(18-9)7-12-10(13)5-6-19(2,15)16/h3-4H,5-7H2,1-2H3,(H,12,13). The van der Waals surface area contributed by atoms with E-state index in [2.05, 4.69) is 10.1 Å². The van der Waals surface area contributed by atoms with Gasteiger partial charge in [0.2, 0.25) is 11.7 Å². The van der Waals surface area contributed by atoms with Gasteiger partial charge in [-0.1, -0.05) is 0 Å². The van der Waals surface area contributed by atoms with Crippen LogP contribution in [0, 0.1) is 0 Å². The number of methoxy groups -OCH3 is 1. The van der Waals surface area contributed by atoms with Crippen LogP contribution in [0.1, 0.15) is 22.7 Å². The summed E-state index contributed by atoms with van der Waals surface area (Å²) in [5, 5.41) is 2.49. The number of rotatable bonds is 6. The van der Waals surface area contributed by atoms with Crippen LogP contribution < -0.4 is 5.32 Å². The number of hydrogen-bond acceptors (Lipinski definition) is 6. The van der Waals surface area contributed by atoms with Crippen LogP contribution >= 0.6 is 0 Å². The Labute approximate surface area is 110 Å². The van der Waals surface area contributed by atoms with Crippen molar-refractivity contribution >= 4 is 21.7 Å². The molecular weight excluding hydrogens is 274 g/mol. The van der Waals surface area contributed by atoms with E-state index < -0.39 is 21.7 Å². The highest BCUT2D eigenvalue weighted by atomic mass is 32.2. The van der Waals surface area contributed by atoms with E-state index in [0.717, 1.165) is 6.26 Å². The number of ether oxygens (including phenoxy) is 1. The summed E-state index contributed by atoms with van der Waals surface area (Å²) >= 11 is 0. The van der Waals surface area contributed by atoms with Crippen LogP contribution in [0.15, 0.2) is 16.5 Å². The quantitative estimate of drug-likeness (QED) is 0.746. The van der Waals surface area contributed by atoms with E-state index in [0.29, 0.717) is 5.76 Å². The molecule has 1 heterocycles. The molecule has 0 spiro atoms. The van der Waals surface area contributed by atoms with Gasteiger partial charge in [0.25, 0.3) is 0 Å². The van der Waals surface area contributed by atoms with Crippen LogP contribution in [0.4, 0.5) is 0 Å². The van der Waals surface area contributed by atoms with E-state index in [9.17, 15) is 18.0 Å². The molecule has 0 aliphatic carbocycles. The second-order valence-electron chi connectivity index (χ2n) is 3.91. The Balaban J connectivity index is 2.42. The van der Waals surface area contributed by atoms with Crippen LogP contribution in [-0.2, 0) is 25.9 Å². The molecule has 106 valence electrons. The fourth-order valence-corrected chi connectivity index (χ4v) is 1.79. The summed E-state index contributed by atoms with van der Waals surface area (Å²) in [4.78, 5) is 22.5. The second kappa shape index (κ2) is 6.37. The zero-order valence-corrected chi connectivity index (χ0v) is 11.5. The molecule has 0 saturated heterocycles. The van der Waals surface area contributed by atoms with Crippen molar-refractivity contribution in [2.75, 3.05) is 19.1 Å². The third-order valence-electron chi connectivity index (χ3n) is 2.21. The van der Waals surface area contributed by atoms with Gasteiger partial charge < -0.3 is 14.5 Å². The third-order valence-corrected chi connectivity index (χ3v) is 3.15. The number of hydrogen-bond donors (Lipinski definition) is 1. The number of carbonyl (C=O) groups is 2. The lowest BCUT2D eigenvalue weighted by atomic mass is 10.4. The van der Waals surface area contributed by atoms with Crippen molar-refractivity contribution in [2.45, 2.75) is 13.0 Å². The van der Waals surface area contributed by atoms with Crippen LogP contribution in [0.3, 0.4) is 0 Å². The number of sulfone groups is 1. The van der Waals surface area contributed by atoms with E-state index in [1.807, 2.05) is 0 Å². The molecule has 0 bridgehead atoms. The zero-order chi connectivity index (χ0) is 14.5. The first-order valence-electron chi connectivity index (χ1n) is 5.43. The summed E-state index contributed by atoms with van der Waals surface area (Å²) in [6, 6.07) is 2.97. The molecule has 1 rings (SSSR count). The van der Waals surface area contributed by atoms with Crippen LogP contribution in [-0.4, -0.2) is 39.4 Å². The van der Waals surface area contributed by atoms with Gasteiger partial charge in [0, 0.05) is 12.7 Å². The molecule has 0 aliphatic heterocycles. The Morgan fingerprint density at radius 2 is 2.05 bits per heavy atom. The molecule has 1 N–H and O–H groups in total. The lowest BCUT2D eigenvalue weighted by molar-refractivity contribution is -0.120. The highest BCUT2D eigenvalue weighted by Gasteiger charge is 2.12. The van der Waals surface area contributed by atoms with Crippen molar-refractivity contribution in [3.05, 3.63) is 23.7 Å². The Morgan fingerprint density at radius 3 is 2.63 bits per heavy atom. The molecule has 1 aromatic heterocycles. The van der Waals surface area contributed by atoms with Crippen LogP contribution in [0.5, 0.6) is 0 Å². The molecule has 19 heavy (non-hydrogen) atoms. The Hall–Kier alpha value is -1.83. The molecular formula is C11H15NO6S. The van der Waals surface area contributed by atoms with Crippen molar-refractivity contribution in [3.8, 4) is 0 Å². The van der Waals surface area contributed by atoms with Gasteiger partial charge in [0.05, 0.1) is 19.4 Å². The highest BCUT2D eigenvalue weighted by Crippen LogP contribution is 2.08. The van der Waals surface area contributed by atoms with Gasteiger partial charge in [-0.25, -0.2) is 13.2 Å². The molecule has 0 atom stereocenters. The van der Waals surface area contributed by atoms with Gasteiger partial charge in [-0.3, -0.25) is 4.79 Å². The monoisotopic (exact) mass is 289 g/mol. The lowest BCUT2D eigenvalue weighted by Gasteiger charge is -2.02. The predicted molar refractivity (Wildman–Crippen MR) is 66.2 cm³/mol. The van der Waals surface area contributed by atoms with Crippen molar-refractivity contribution < 1.29 is 27.2 Å². The number of nitrogens with one attached hydrogen (secondary N) is 1. The normalized spacial score (nSPS) is 11.1. The first-order chi connectivity index (χ1) is 8.81. The topological polar surface area (TPSA) is 103 Å². The number of furan rings is 1. The van der Waals surface area contributed by atoms with E-state index in [1.165, 1.54) is 19.2 Å². The average Bonchev–Trinajstić information content (AvgIpc) is 2.80. The molecule has 0 fully saturated rings. The van der Waals surface area contributed by atoms with E-state index in [-0.39, 0.29) is 24.5 Å². The molecule has 8 heteroatoms. The van der Waals surface area contributed by atoms with E-state index in [4.69, 9.17) is 4.42 Å². The number of amides is 1. The highest BCUT2D eigenvalue weighted by molar-refractivity contribution is 7.90. The largest absolute Gasteiger partial charge is 0.463 e. The van der Waals surface area contributed by atoms with Crippen molar-refractivity contribution in [1.29, 1.82) is 0 Å². The Bertz CT molecular complexity index is 559. The molecule has 0 unspecified atom stereocenters. The van der Waals surface area contributed by atoms with Gasteiger partial charge in [-0.05, 0) is 12.1 Å². The lowest BCUT2D eigenvalue weighted by Crippen LogP contribution is -2.24. The van der Waals surface area contributed by atoms with Crippen LogP contribution in [0.25, 0.3) is 0 Å². The summed E-state index contributed by atoms with van der Waals surface area (Å²) < 4.78 is 31.3. The van der Waals surface area contributed by atoms with Crippen molar-refractivity contribution in [3.63, 3.8) is 0 Å². The maximum atomic E-state index is 11.4. The molecule has 0 saturated carbocycles. The van der Waals surface area contributed by atoms with Gasteiger partial charge in [0.15, 0.2) is 0 Å². The zero-order valence-electron chi connectivity index (χ0n) is 10.6. The summed E-state index contributed by atoms with van der Waals surface area (Å²) in [6.45, 7) is 0.0829. The maximum absolute atomic E-state index is 11.4. The van der Waals surface area contributed by atoms with Gasteiger partial charge in [-0.2, -0.15) is 0 Å². The fourth-order valence-electron chi connectivity index (χ4n) is 1.24. The molecule has 1 aromatic rings. The smallest absolute Gasteiger partial charge is 0.373 e. The van der Waals surface area contributed by atoms with Gasteiger partial charge in [-0.15, -0.1) is 0 Å². The number of esters is 1. The van der Waals surface area contributed by atoms with Gasteiger partial charge >= 0.3 is 5.97 Å². The van der Waals surface area contributed by atoms with Crippen molar-refractivity contribution in [2.24, 2.45) is 0 Å². The SMILES string of the molecule is COC(=O)c1ccc(CNC(=O)CCS(C)(=O)=O)o1. The summed E-state index contributed by atoms with van der Waals surface area (Å²) in [5.74, 6) is -0.781. The summed E-state index contributed by atoms with van der Waals surface area (Å²) in [7, 11) is -1.92. The molecule has 7 nitrogen and oxygen atoms in total. The predicted octanol–water partition coefficient (Wildman–Crippen LogP) is 0.117. The average molecular weight is 289 g/mol. The Kier molecular flexibility index (Phi) is 5.11. The molecule has 0 radical (unpaired) electrons. The number of carbonyl (C=O) groups excluding carboxylic acids is 2. The second-order valence-corrected chi connectivity index (χ2v) is 6.17. The minimum Gasteiger partial charge on any atom is -0.463 e. The van der Waals surface area contributed by atoms with Crippen LogP contribution in [0.2, 0.25) is 0 Å². The third kappa shape index (κ3) is 5.56. The van der Waals surface area contributed by atoms with Crippen molar-refractivity contribution in [1.82, 2.24) is 5.32 Å².